The number of hydrogen-bond donors (Lipinski definition) is 2. The summed E-state index contributed by atoms with van der Waals surface area (Å²) in [4.78, 5) is 23.3. The van der Waals surface area contributed by atoms with Crippen LogP contribution in [0, 0.1) is 24.2 Å². The Morgan fingerprint density at radius 2 is 1.95 bits per heavy atom. The lowest BCUT2D eigenvalue weighted by molar-refractivity contribution is -0.140. The number of anilines is 1. The molecule has 0 unspecified atom stereocenters. The number of aliphatic carboxylic acids is 1. The van der Waals surface area contributed by atoms with Gasteiger partial charge in [0.15, 0.2) is 0 Å². The molecule has 0 heterocycles. The second-order valence-corrected chi connectivity index (χ2v) is 6.37. The molecule has 19 heavy (non-hydrogen) atoms. The number of nitrogens with one attached hydrogen (secondary N) is 1. The quantitative estimate of drug-likeness (QED) is 0.897. The Hall–Kier alpha value is -1.36. The summed E-state index contributed by atoms with van der Waals surface area (Å²) < 4.78 is 0.912. The van der Waals surface area contributed by atoms with Gasteiger partial charge in [-0.15, -0.1) is 0 Å². The van der Waals surface area contributed by atoms with E-state index in [0.29, 0.717) is 5.69 Å². The van der Waals surface area contributed by atoms with Gasteiger partial charge in [0.2, 0.25) is 5.91 Å². The van der Waals surface area contributed by atoms with Gasteiger partial charge in [-0.25, -0.2) is 0 Å². The van der Waals surface area contributed by atoms with Crippen molar-refractivity contribution in [3.05, 3.63) is 28.2 Å². The second kappa shape index (κ2) is 4.63. The van der Waals surface area contributed by atoms with Gasteiger partial charge in [0, 0.05) is 10.2 Å². The maximum atomic E-state index is 12.2. The third-order valence-electron chi connectivity index (χ3n) is 3.90. The van der Waals surface area contributed by atoms with Crippen LogP contribution < -0.4 is 5.32 Å². The van der Waals surface area contributed by atoms with Gasteiger partial charge < -0.3 is 10.4 Å². The molecule has 0 radical (unpaired) electrons. The topological polar surface area (TPSA) is 66.4 Å². The van der Waals surface area contributed by atoms with Crippen LogP contribution in [0.4, 0.5) is 5.69 Å². The first-order valence-electron chi connectivity index (χ1n) is 6.05. The van der Waals surface area contributed by atoms with E-state index in [4.69, 9.17) is 5.11 Å². The molecule has 0 saturated heterocycles. The predicted molar refractivity (Wildman–Crippen MR) is 75.9 cm³/mol. The summed E-state index contributed by atoms with van der Waals surface area (Å²) in [5.41, 5.74) is 1.17. The molecular formula is C14H16BrNO3. The molecule has 102 valence electrons. The lowest BCUT2D eigenvalue weighted by Gasteiger charge is -2.10. The zero-order chi connectivity index (χ0) is 14.4. The van der Waals surface area contributed by atoms with Gasteiger partial charge in [0.05, 0.1) is 11.8 Å². The summed E-state index contributed by atoms with van der Waals surface area (Å²) in [7, 11) is 0. The van der Waals surface area contributed by atoms with Crippen molar-refractivity contribution in [3.63, 3.8) is 0 Å². The van der Waals surface area contributed by atoms with Crippen molar-refractivity contribution in [3.8, 4) is 0 Å². The highest BCUT2D eigenvalue weighted by atomic mass is 79.9. The highest BCUT2D eigenvalue weighted by molar-refractivity contribution is 9.10. The number of hydrogen-bond acceptors (Lipinski definition) is 2. The number of amides is 1. The van der Waals surface area contributed by atoms with E-state index < -0.39 is 23.2 Å². The average Bonchev–Trinajstić information content (AvgIpc) is 2.88. The van der Waals surface area contributed by atoms with Crippen LogP contribution in [0.2, 0.25) is 0 Å². The summed E-state index contributed by atoms with van der Waals surface area (Å²) in [5, 5.41) is 11.9. The van der Waals surface area contributed by atoms with Crippen molar-refractivity contribution < 1.29 is 14.7 Å². The van der Waals surface area contributed by atoms with Crippen molar-refractivity contribution in [2.24, 2.45) is 17.3 Å². The molecule has 0 aromatic heterocycles. The maximum Gasteiger partial charge on any atom is 0.307 e. The molecule has 1 aromatic carbocycles. The molecule has 2 rings (SSSR count). The molecule has 0 bridgehead atoms. The van der Waals surface area contributed by atoms with E-state index in [1.54, 1.807) is 0 Å². The molecule has 1 aliphatic rings. The lowest BCUT2D eigenvalue weighted by atomic mass is 10.1. The fourth-order valence-corrected chi connectivity index (χ4v) is 2.91. The Morgan fingerprint density at radius 1 is 1.32 bits per heavy atom. The lowest BCUT2D eigenvalue weighted by Crippen LogP contribution is -2.18. The number of carboxylic acid groups (broad SMARTS) is 1. The van der Waals surface area contributed by atoms with Crippen LogP contribution in [0.15, 0.2) is 22.7 Å². The van der Waals surface area contributed by atoms with Gasteiger partial charge in [0.25, 0.3) is 0 Å². The molecule has 1 fully saturated rings. The molecule has 2 N–H and O–H groups in total. The van der Waals surface area contributed by atoms with E-state index in [0.717, 1.165) is 10.0 Å². The Kier molecular flexibility index (Phi) is 3.43. The Balaban J connectivity index is 2.15. The van der Waals surface area contributed by atoms with Gasteiger partial charge in [-0.1, -0.05) is 35.8 Å². The Bertz CT molecular complexity index is 554. The largest absolute Gasteiger partial charge is 0.481 e. The first-order valence-corrected chi connectivity index (χ1v) is 6.85. The Morgan fingerprint density at radius 3 is 2.47 bits per heavy atom. The minimum Gasteiger partial charge on any atom is -0.481 e. The van der Waals surface area contributed by atoms with Crippen LogP contribution in [0.5, 0.6) is 0 Å². The number of carbonyl (C=O) groups excluding carboxylic acids is 1. The number of halogens is 1. The summed E-state index contributed by atoms with van der Waals surface area (Å²) in [6, 6.07) is 5.54. The Labute approximate surface area is 120 Å². The molecule has 4 nitrogen and oxygen atoms in total. The normalized spacial score (nSPS) is 23.8. The van der Waals surface area contributed by atoms with Gasteiger partial charge in [-0.05, 0) is 30.0 Å². The van der Waals surface area contributed by atoms with Gasteiger partial charge in [-0.2, -0.15) is 0 Å². The summed E-state index contributed by atoms with van der Waals surface area (Å²) >= 11 is 3.40. The molecule has 1 saturated carbocycles. The molecule has 0 spiro atoms. The summed E-state index contributed by atoms with van der Waals surface area (Å²) in [5.74, 6) is -2.20. The highest BCUT2D eigenvalue weighted by Crippen LogP contribution is 2.58. The van der Waals surface area contributed by atoms with E-state index in [-0.39, 0.29) is 5.91 Å². The van der Waals surface area contributed by atoms with Crippen LogP contribution in [0.3, 0.4) is 0 Å². The van der Waals surface area contributed by atoms with E-state index in [1.807, 2.05) is 39.0 Å². The SMILES string of the molecule is Cc1c(Br)cccc1NC(=O)[C@H]1[C@@H](C(=O)O)C1(C)C. The van der Waals surface area contributed by atoms with Gasteiger partial charge in [0.1, 0.15) is 0 Å². The average molecular weight is 326 g/mol. The van der Waals surface area contributed by atoms with E-state index in [9.17, 15) is 9.59 Å². The van der Waals surface area contributed by atoms with Gasteiger partial charge >= 0.3 is 5.97 Å². The minimum atomic E-state index is -0.906. The smallest absolute Gasteiger partial charge is 0.307 e. The zero-order valence-corrected chi connectivity index (χ0v) is 12.6. The third-order valence-corrected chi connectivity index (χ3v) is 4.76. The van der Waals surface area contributed by atoms with Crippen molar-refractivity contribution in [1.82, 2.24) is 0 Å². The van der Waals surface area contributed by atoms with Crippen LogP contribution in [0.25, 0.3) is 0 Å². The predicted octanol–water partition coefficient (Wildman–Crippen LogP) is 3.05. The van der Waals surface area contributed by atoms with Crippen molar-refractivity contribution >= 4 is 33.5 Å². The molecule has 1 aliphatic carbocycles. The maximum absolute atomic E-state index is 12.2. The third kappa shape index (κ3) is 2.39. The monoisotopic (exact) mass is 325 g/mol. The van der Waals surface area contributed by atoms with Crippen molar-refractivity contribution in [2.75, 3.05) is 5.32 Å². The van der Waals surface area contributed by atoms with E-state index in [1.165, 1.54) is 0 Å². The zero-order valence-electron chi connectivity index (χ0n) is 11.0. The van der Waals surface area contributed by atoms with Crippen LogP contribution >= 0.6 is 15.9 Å². The molecule has 1 amide bonds. The first kappa shape index (κ1) is 14.1. The van der Waals surface area contributed by atoms with E-state index in [2.05, 4.69) is 21.2 Å². The molecule has 2 atom stereocenters. The fourth-order valence-electron chi connectivity index (χ4n) is 2.54. The van der Waals surface area contributed by atoms with Crippen LogP contribution in [0.1, 0.15) is 19.4 Å². The first-order chi connectivity index (χ1) is 8.76. The van der Waals surface area contributed by atoms with E-state index >= 15 is 0 Å². The molecule has 5 heteroatoms. The molecule has 1 aromatic rings. The molecule has 0 aliphatic heterocycles. The number of benzene rings is 1. The standard InChI is InChI=1S/C14H16BrNO3/c1-7-8(15)5-4-6-9(7)16-12(17)10-11(13(18)19)14(10,2)3/h4-6,10-11H,1-3H3,(H,16,17)(H,18,19)/t10-,11+/m1/s1. The highest BCUT2D eigenvalue weighted by Gasteiger charge is 2.65. The fraction of sp³-hybridized carbons (Fsp3) is 0.429. The number of carboxylic acids is 1. The van der Waals surface area contributed by atoms with Crippen LogP contribution in [-0.2, 0) is 9.59 Å². The van der Waals surface area contributed by atoms with Crippen molar-refractivity contribution in [1.29, 1.82) is 0 Å². The number of rotatable bonds is 3. The minimum absolute atomic E-state index is 0.224. The van der Waals surface area contributed by atoms with Gasteiger partial charge in [-0.3, -0.25) is 9.59 Å². The second-order valence-electron chi connectivity index (χ2n) is 5.52. The summed E-state index contributed by atoms with van der Waals surface area (Å²) in [6.45, 7) is 5.51. The van der Waals surface area contributed by atoms with Crippen molar-refractivity contribution in [2.45, 2.75) is 20.8 Å². The number of carbonyl (C=O) groups is 2. The summed E-state index contributed by atoms with van der Waals surface area (Å²) in [6.07, 6.45) is 0. The molecular weight excluding hydrogens is 310 g/mol. The van der Waals surface area contributed by atoms with Crippen LogP contribution in [-0.4, -0.2) is 17.0 Å².